The summed E-state index contributed by atoms with van der Waals surface area (Å²) in [4.78, 5) is 23.1. The van der Waals surface area contributed by atoms with E-state index in [4.69, 9.17) is 4.74 Å². The standard InChI is InChI=1S/C12H18N2O3S/c1-3-17-12(16)4-6-13-8-11-10(5-7-18-11)14-9(2)15/h5,7,13H,3-4,6,8H2,1-2H3,(H,14,15). The van der Waals surface area contributed by atoms with Crippen LogP contribution in [0.3, 0.4) is 0 Å². The van der Waals surface area contributed by atoms with Crippen LogP contribution in [0, 0.1) is 0 Å². The fourth-order valence-electron chi connectivity index (χ4n) is 1.40. The van der Waals surface area contributed by atoms with Crippen molar-refractivity contribution in [1.29, 1.82) is 0 Å². The van der Waals surface area contributed by atoms with Gasteiger partial charge in [0.2, 0.25) is 5.91 Å². The Morgan fingerprint density at radius 2 is 2.22 bits per heavy atom. The molecule has 0 spiro atoms. The smallest absolute Gasteiger partial charge is 0.307 e. The van der Waals surface area contributed by atoms with Gasteiger partial charge in [-0.3, -0.25) is 9.59 Å². The average Bonchev–Trinajstić information content (AvgIpc) is 2.71. The third-order valence-electron chi connectivity index (χ3n) is 2.15. The molecule has 0 radical (unpaired) electrons. The summed E-state index contributed by atoms with van der Waals surface area (Å²) in [5.74, 6) is -0.278. The van der Waals surface area contributed by atoms with Crippen molar-refractivity contribution in [2.75, 3.05) is 18.5 Å². The molecule has 0 unspecified atom stereocenters. The number of amides is 1. The van der Waals surface area contributed by atoms with Crippen molar-refractivity contribution in [2.24, 2.45) is 0 Å². The Labute approximate surface area is 111 Å². The lowest BCUT2D eigenvalue weighted by Crippen LogP contribution is -2.19. The maximum Gasteiger partial charge on any atom is 0.307 e. The summed E-state index contributed by atoms with van der Waals surface area (Å²) >= 11 is 1.57. The molecule has 1 amide bonds. The molecule has 6 heteroatoms. The van der Waals surface area contributed by atoms with Crippen molar-refractivity contribution in [3.63, 3.8) is 0 Å². The van der Waals surface area contributed by atoms with E-state index >= 15 is 0 Å². The van der Waals surface area contributed by atoms with E-state index in [0.29, 0.717) is 26.1 Å². The zero-order chi connectivity index (χ0) is 13.4. The minimum Gasteiger partial charge on any atom is -0.466 e. The van der Waals surface area contributed by atoms with Gasteiger partial charge in [0.15, 0.2) is 0 Å². The third-order valence-corrected chi connectivity index (χ3v) is 3.07. The van der Waals surface area contributed by atoms with Gasteiger partial charge in [-0.25, -0.2) is 0 Å². The number of ether oxygens (including phenoxy) is 1. The van der Waals surface area contributed by atoms with Gasteiger partial charge in [-0.1, -0.05) is 0 Å². The summed E-state index contributed by atoms with van der Waals surface area (Å²) in [6.07, 6.45) is 0.356. The van der Waals surface area contributed by atoms with E-state index in [9.17, 15) is 9.59 Å². The predicted octanol–water partition coefficient (Wildman–Crippen LogP) is 1.75. The summed E-state index contributed by atoms with van der Waals surface area (Å²) in [5, 5.41) is 7.84. The molecule has 1 aromatic heterocycles. The number of carbonyl (C=O) groups excluding carboxylic acids is 2. The lowest BCUT2D eigenvalue weighted by atomic mass is 10.3. The van der Waals surface area contributed by atoms with E-state index in [0.717, 1.165) is 10.6 Å². The van der Waals surface area contributed by atoms with Crippen molar-refractivity contribution >= 4 is 28.9 Å². The van der Waals surface area contributed by atoms with Crippen molar-refractivity contribution < 1.29 is 14.3 Å². The van der Waals surface area contributed by atoms with E-state index in [2.05, 4.69) is 10.6 Å². The molecule has 100 valence electrons. The molecule has 1 aromatic rings. The molecule has 0 bridgehead atoms. The highest BCUT2D eigenvalue weighted by Gasteiger charge is 2.06. The van der Waals surface area contributed by atoms with Crippen LogP contribution in [0.5, 0.6) is 0 Å². The first-order valence-corrected chi connectivity index (χ1v) is 6.71. The van der Waals surface area contributed by atoms with Crippen molar-refractivity contribution in [2.45, 2.75) is 26.8 Å². The number of carbonyl (C=O) groups is 2. The Morgan fingerprint density at radius 1 is 1.44 bits per heavy atom. The van der Waals surface area contributed by atoms with E-state index in [1.807, 2.05) is 11.4 Å². The van der Waals surface area contributed by atoms with Gasteiger partial charge in [-0.15, -0.1) is 11.3 Å². The molecule has 0 saturated heterocycles. The zero-order valence-corrected chi connectivity index (χ0v) is 11.4. The van der Waals surface area contributed by atoms with Gasteiger partial charge in [0.05, 0.1) is 18.7 Å². The number of anilines is 1. The molecule has 0 fully saturated rings. The molecular formula is C12H18N2O3S. The van der Waals surface area contributed by atoms with E-state index in [-0.39, 0.29) is 11.9 Å². The fourth-order valence-corrected chi connectivity index (χ4v) is 2.20. The predicted molar refractivity (Wildman–Crippen MR) is 71.6 cm³/mol. The quantitative estimate of drug-likeness (QED) is 0.585. The first kappa shape index (κ1) is 14.7. The van der Waals surface area contributed by atoms with Gasteiger partial charge >= 0.3 is 5.97 Å². The number of rotatable bonds is 7. The molecular weight excluding hydrogens is 252 g/mol. The SMILES string of the molecule is CCOC(=O)CCNCc1sccc1NC(C)=O. The van der Waals surface area contributed by atoms with E-state index in [1.54, 1.807) is 18.3 Å². The molecule has 1 heterocycles. The van der Waals surface area contributed by atoms with Crippen LogP contribution in [0.1, 0.15) is 25.1 Å². The molecule has 5 nitrogen and oxygen atoms in total. The summed E-state index contributed by atoms with van der Waals surface area (Å²) in [6, 6.07) is 1.87. The first-order chi connectivity index (χ1) is 8.63. The Kier molecular flexibility index (Phi) is 6.38. The molecule has 0 saturated carbocycles. The van der Waals surface area contributed by atoms with Crippen LogP contribution in [0.2, 0.25) is 0 Å². The van der Waals surface area contributed by atoms with E-state index in [1.165, 1.54) is 6.92 Å². The highest BCUT2D eigenvalue weighted by molar-refractivity contribution is 7.10. The molecule has 2 N–H and O–H groups in total. The van der Waals surface area contributed by atoms with Gasteiger partial charge in [0, 0.05) is 24.9 Å². The summed E-state index contributed by atoms with van der Waals surface area (Å²) in [7, 11) is 0. The minimum absolute atomic E-state index is 0.0822. The maximum absolute atomic E-state index is 11.1. The number of esters is 1. The van der Waals surface area contributed by atoms with E-state index < -0.39 is 0 Å². The second-order valence-electron chi connectivity index (χ2n) is 3.67. The fraction of sp³-hybridized carbons (Fsp3) is 0.500. The lowest BCUT2D eigenvalue weighted by Gasteiger charge is -2.06. The second kappa shape index (κ2) is 7.84. The highest BCUT2D eigenvalue weighted by Crippen LogP contribution is 2.21. The molecule has 0 aliphatic heterocycles. The maximum atomic E-state index is 11.1. The Morgan fingerprint density at radius 3 is 2.89 bits per heavy atom. The Balaban J connectivity index is 2.29. The Hall–Kier alpha value is -1.40. The highest BCUT2D eigenvalue weighted by atomic mass is 32.1. The normalized spacial score (nSPS) is 10.1. The summed E-state index contributed by atoms with van der Waals surface area (Å²) in [5.41, 5.74) is 0.830. The van der Waals surface area contributed by atoms with Crippen LogP contribution in [0.25, 0.3) is 0 Å². The van der Waals surface area contributed by atoms with Gasteiger partial charge in [-0.05, 0) is 18.4 Å². The Bertz CT molecular complexity index is 404. The van der Waals surface area contributed by atoms with Crippen LogP contribution >= 0.6 is 11.3 Å². The molecule has 1 rings (SSSR count). The number of hydrogen-bond donors (Lipinski definition) is 2. The van der Waals surface area contributed by atoms with Gasteiger partial charge in [0.25, 0.3) is 0 Å². The second-order valence-corrected chi connectivity index (χ2v) is 4.67. The molecule has 0 atom stereocenters. The summed E-state index contributed by atoms with van der Waals surface area (Å²) in [6.45, 7) is 4.88. The lowest BCUT2D eigenvalue weighted by molar-refractivity contribution is -0.143. The van der Waals surface area contributed by atoms with Gasteiger partial charge < -0.3 is 15.4 Å². The zero-order valence-electron chi connectivity index (χ0n) is 10.6. The molecule has 0 aliphatic carbocycles. The summed E-state index contributed by atoms with van der Waals surface area (Å²) < 4.78 is 4.82. The monoisotopic (exact) mass is 270 g/mol. The third kappa shape index (κ3) is 5.29. The minimum atomic E-state index is -0.196. The molecule has 0 aromatic carbocycles. The van der Waals surface area contributed by atoms with Crippen LogP contribution in [-0.2, 0) is 20.9 Å². The van der Waals surface area contributed by atoms with Crippen molar-refractivity contribution in [1.82, 2.24) is 5.32 Å². The molecule has 18 heavy (non-hydrogen) atoms. The topological polar surface area (TPSA) is 67.4 Å². The van der Waals surface area contributed by atoms with Gasteiger partial charge in [0.1, 0.15) is 0 Å². The number of hydrogen-bond acceptors (Lipinski definition) is 5. The van der Waals surface area contributed by atoms with Crippen LogP contribution in [0.15, 0.2) is 11.4 Å². The van der Waals surface area contributed by atoms with Crippen molar-refractivity contribution in [3.05, 3.63) is 16.3 Å². The molecule has 0 aliphatic rings. The van der Waals surface area contributed by atoms with Crippen molar-refractivity contribution in [3.8, 4) is 0 Å². The van der Waals surface area contributed by atoms with Gasteiger partial charge in [-0.2, -0.15) is 0 Å². The largest absolute Gasteiger partial charge is 0.466 e. The van der Waals surface area contributed by atoms with Crippen LogP contribution in [0.4, 0.5) is 5.69 Å². The number of nitrogens with one attached hydrogen (secondary N) is 2. The first-order valence-electron chi connectivity index (χ1n) is 5.83. The van der Waals surface area contributed by atoms with Crippen LogP contribution < -0.4 is 10.6 Å². The number of thiophene rings is 1. The van der Waals surface area contributed by atoms with Crippen LogP contribution in [-0.4, -0.2) is 25.0 Å². The average molecular weight is 270 g/mol.